The van der Waals surface area contributed by atoms with Gasteiger partial charge >= 0.3 is 0 Å². The number of ether oxygens (including phenoxy) is 2. The smallest absolute Gasteiger partial charge is 0.190 e. The van der Waals surface area contributed by atoms with Crippen LogP contribution in [-0.4, -0.2) is 95.8 Å². The van der Waals surface area contributed by atoms with Gasteiger partial charge in [-0.25, -0.2) is 0 Å². The van der Waals surface area contributed by atoms with Gasteiger partial charge in [-0.3, -0.25) is 9.89 Å². The molecule has 8 nitrogen and oxygen atoms in total. The van der Waals surface area contributed by atoms with Gasteiger partial charge in [0.2, 0.25) is 0 Å². The molecule has 1 unspecified atom stereocenters. The number of aliphatic hydroxyl groups is 1. The maximum absolute atomic E-state index is 9.37. The van der Waals surface area contributed by atoms with Crippen LogP contribution in [0.25, 0.3) is 0 Å². The molecular formula is C23H40IN5O3. The van der Waals surface area contributed by atoms with E-state index >= 15 is 0 Å². The Morgan fingerprint density at radius 3 is 2.53 bits per heavy atom. The second kappa shape index (κ2) is 14.1. The molecule has 0 aliphatic carbocycles. The predicted octanol–water partition coefficient (Wildman–Crippen LogP) is 1.78. The number of aliphatic imine (C=N–C) groups is 1. The molecule has 1 aromatic rings. The summed E-state index contributed by atoms with van der Waals surface area (Å²) in [6.07, 6.45) is 2.83. The third-order valence-electron chi connectivity index (χ3n) is 6.43. The number of hydrogen-bond acceptors (Lipinski definition) is 6. The van der Waals surface area contributed by atoms with Crippen molar-refractivity contribution in [3.05, 3.63) is 24.3 Å². The minimum Gasteiger partial charge on any atom is -0.497 e. The zero-order chi connectivity index (χ0) is 21.9. The Balaban J connectivity index is 0.00000363. The molecule has 0 spiro atoms. The molecule has 0 saturated carbocycles. The molecular weight excluding hydrogens is 521 g/mol. The molecule has 182 valence electrons. The van der Waals surface area contributed by atoms with Crippen molar-refractivity contribution in [3.63, 3.8) is 0 Å². The molecule has 2 heterocycles. The Morgan fingerprint density at radius 2 is 1.94 bits per heavy atom. The fourth-order valence-electron chi connectivity index (χ4n) is 4.34. The zero-order valence-corrected chi connectivity index (χ0v) is 21.8. The first kappa shape index (κ1) is 26.9. The largest absolute Gasteiger partial charge is 0.497 e. The summed E-state index contributed by atoms with van der Waals surface area (Å²) in [7, 11) is 3.50. The minimum absolute atomic E-state index is 0. The number of halogens is 1. The molecule has 0 aromatic heterocycles. The Kier molecular flexibility index (Phi) is 11.8. The molecule has 2 saturated heterocycles. The average Bonchev–Trinajstić information content (AvgIpc) is 3.28. The molecule has 3 rings (SSSR count). The number of benzene rings is 1. The topological polar surface area (TPSA) is 81.6 Å². The third kappa shape index (κ3) is 7.93. The SMILES string of the molecule is CN=C(NCCCN1CCN(c2ccc(OC)cc2)CC1)NCC1(CCO)CCOC1.I. The molecule has 9 heteroatoms. The molecule has 1 atom stereocenters. The lowest BCUT2D eigenvalue weighted by atomic mass is 9.84. The van der Waals surface area contributed by atoms with Crippen molar-refractivity contribution in [3.8, 4) is 5.75 Å². The molecule has 0 bridgehead atoms. The molecule has 0 amide bonds. The second-order valence-electron chi connectivity index (χ2n) is 8.51. The van der Waals surface area contributed by atoms with Crippen molar-refractivity contribution in [2.45, 2.75) is 19.3 Å². The van der Waals surface area contributed by atoms with Gasteiger partial charge in [-0.05, 0) is 50.1 Å². The van der Waals surface area contributed by atoms with Crippen molar-refractivity contribution in [2.75, 3.05) is 84.7 Å². The van der Waals surface area contributed by atoms with Crippen LogP contribution < -0.4 is 20.3 Å². The Morgan fingerprint density at radius 1 is 1.19 bits per heavy atom. The number of hydrogen-bond donors (Lipinski definition) is 3. The van der Waals surface area contributed by atoms with E-state index in [4.69, 9.17) is 9.47 Å². The van der Waals surface area contributed by atoms with Crippen LogP contribution in [0.15, 0.2) is 29.3 Å². The number of piperazine rings is 1. The number of aliphatic hydroxyl groups excluding tert-OH is 1. The molecule has 2 fully saturated rings. The number of anilines is 1. The van der Waals surface area contributed by atoms with Crippen LogP contribution in [0.4, 0.5) is 5.69 Å². The molecule has 1 aromatic carbocycles. The summed E-state index contributed by atoms with van der Waals surface area (Å²) >= 11 is 0. The number of nitrogens with zero attached hydrogens (tertiary/aromatic N) is 3. The van der Waals surface area contributed by atoms with Crippen LogP contribution in [-0.2, 0) is 4.74 Å². The number of methoxy groups -OCH3 is 1. The summed E-state index contributed by atoms with van der Waals surface area (Å²) in [5, 5.41) is 16.2. The van der Waals surface area contributed by atoms with Gasteiger partial charge in [0, 0.05) is 70.6 Å². The third-order valence-corrected chi connectivity index (χ3v) is 6.43. The predicted molar refractivity (Wildman–Crippen MR) is 141 cm³/mol. The molecule has 32 heavy (non-hydrogen) atoms. The van der Waals surface area contributed by atoms with Crippen LogP contribution in [0.3, 0.4) is 0 Å². The van der Waals surface area contributed by atoms with Gasteiger partial charge in [0.1, 0.15) is 5.75 Å². The standard InChI is InChI=1S/C23H39N5O3.HI/c1-24-22(26-18-23(8-16-29)9-17-31-19-23)25-10-3-11-27-12-14-28(15-13-27)20-4-6-21(30-2)7-5-20;/h4-7,29H,3,8-19H2,1-2H3,(H2,24,25,26);1H. The molecule has 3 N–H and O–H groups in total. The lowest BCUT2D eigenvalue weighted by molar-refractivity contribution is 0.127. The van der Waals surface area contributed by atoms with Gasteiger partial charge in [-0.2, -0.15) is 0 Å². The van der Waals surface area contributed by atoms with E-state index in [1.54, 1.807) is 14.2 Å². The van der Waals surface area contributed by atoms with Crippen molar-refractivity contribution in [1.29, 1.82) is 0 Å². The van der Waals surface area contributed by atoms with Gasteiger partial charge in [-0.15, -0.1) is 24.0 Å². The Labute approximate surface area is 209 Å². The Bertz CT molecular complexity index is 675. The second-order valence-corrected chi connectivity index (χ2v) is 8.51. The highest BCUT2D eigenvalue weighted by atomic mass is 127. The molecule has 2 aliphatic rings. The summed E-state index contributed by atoms with van der Waals surface area (Å²) in [6, 6.07) is 8.33. The van der Waals surface area contributed by atoms with Crippen molar-refractivity contribution in [1.82, 2.24) is 15.5 Å². The maximum Gasteiger partial charge on any atom is 0.190 e. The quantitative estimate of drug-likeness (QED) is 0.174. The van der Waals surface area contributed by atoms with Gasteiger partial charge in [0.05, 0.1) is 13.7 Å². The van der Waals surface area contributed by atoms with Crippen LogP contribution in [0, 0.1) is 5.41 Å². The van der Waals surface area contributed by atoms with Gasteiger partial charge in [0.25, 0.3) is 0 Å². The average molecular weight is 562 g/mol. The summed E-state index contributed by atoms with van der Waals surface area (Å²) in [4.78, 5) is 9.31. The first-order valence-corrected chi connectivity index (χ1v) is 11.4. The Hall–Kier alpha value is -1.30. The van der Waals surface area contributed by atoms with E-state index in [0.717, 1.165) is 83.4 Å². The van der Waals surface area contributed by atoms with E-state index in [0.29, 0.717) is 6.61 Å². The van der Waals surface area contributed by atoms with Crippen molar-refractivity contribution >= 4 is 35.6 Å². The van der Waals surface area contributed by atoms with Gasteiger partial charge < -0.3 is 30.1 Å². The number of rotatable bonds is 10. The summed E-state index contributed by atoms with van der Waals surface area (Å²) < 4.78 is 10.8. The van der Waals surface area contributed by atoms with Crippen LogP contribution in [0.2, 0.25) is 0 Å². The fourth-order valence-corrected chi connectivity index (χ4v) is 4.34. The lowest BCUT2D eigenvalue weighted by Gasteiger charge is -2.36. The van der Waals surface area contributed by atoms with E-state index < -0.39 is 0 Å². The van der Waals surface area contributed by atoms with Crippen molar-refractivity contribution in [2.24, 2.45) is 10.4 Å². The molecule has 0 radical (unpaired) electrons. The van der Waals surface area contributed by atoms with E-state index in [-0.39, 0.29) is 36.0 Å². The monoisotopic (exact) mass is 561 g/mol. The number of nitrogens with one attached hydrogen (secondary N) is 2. The maximum atomic E-state index is 9.37. The van der Waals surface area contributed by atoms with Gasteiger partial charge in [0.15, 0.2) is 5.96 Å². The first-order valence-electron chi connectivity index (χ1n) is 11.4. The normalized spacial score (nSPS) is 21.8. The van der Waals surface area contributed by atoms with Gasteiger partial charge in [-0.1, -0.05) is 0 Å². The molecule has 2 aliphatic heterocycles. The highest BCUT2D eigenvalue weighted by molar-refractivity contribution is 14.0. The zero-order valence-electron chi connectivity index (χ0n) is 19.5. The minimum atomic E-state index is 0. The van der Waals surface area contributed by atoms with E-state index in [1.807, 2.05) is 12.1 Å². The van der Waals surface area contributed by atoms with E-state index in [1.165, 1.54) is 5.69 Å². The van der Waals surface area contributed by atoms with Crippen LogP contribution >= 0.6 is 24.0 Å². The van der Waals surface area contributed by atoms with Crippen LogP contribution in [0.1, 0.15) is 19.3 Å². The summed E-state index contributed by atoms with van der Waals surface area (Å²) in [5.74, 6) is 1.73. The fraction of sp³-hybridized carbons (Fsp3) is 0.696. The van der Waals surface area contributed by atoms with E-state index in [2.05, 4.69) is 37.6 Å². The van der Waals surface area contributed by atoms with Crippen molar-refractivity contribution < 1.29 is 14.6 Å². The highest BCUT2D eigenvalue weighted by Crippen LogP contribution is 2.31. The number of guanidine groups is 1. The lowest BCUT2D eigenvalue weighted by Crippen LogP contribution is -2.47. The summed E-state index contributed by atoms with van der Waals surface area (Å²) in [6.45, 7) is 8.72. The van der Waals surface area contributed by atoms with E-state index in [9.17, 15) is 5.11 Å². The van der Waals surface area contributed by atoms with Crippen LogP contribution in [0.5, 0.6) is 5.75 Å². The first-order chi connectivity index (χ1) is 15.2. The highest BCUT2D eigenvalue weighted by Gasteiger charge is 2.34. The summed E-state index contributed by atoms with van der Waals surface area (Å²) in [5.41, 5.74) is 1.29.